The van der Waals surface area contributed by atoms with Gasteiger partial charge in [0.05, 0.1) is 11.4 Å². The van der Waals surface area contributed by atoms with Crippen LogP contribution < -0.4 is 5.32 Å². The average molecular weight is 305 g/mol. The van der Waals surface area contributed by atoms with Gasteiger partial charge < -0.3 is 15.0 Å². The van der Waals surface area contributed by atoms with Crippen molar-refractivity contribution < 1.29 is 9.59 Å². The van der Waals surface area contributed by atoms with E-state index in [1.807, 2.05) is 25.2 Å². The number of carbonyl (C=O) groups is 2. The van der Waals surface area contributed by atoms with E-state index in [0.717, 1.165) is 30.7 Å². The molecule has 1 fully saturated rings. The second-order valence-electron chi connectivity index (χ2n) is 5.44. The van der Waals surface area contributed by atoms with Crippen LogP contribution in [0.3, 0.4) is 0 Å². The van der Waals surface area contributed by atoms with Crippen molar-refractivity contribution in [1.29, 1.82) is 0 Å². The van der Waals surface area contributed by atoms with Gasteiger partial charge in [-0.1, -0.05) is 19.1 Å². The van der Waals surface area contributed by atoms with Gasteiger partial charge in [-0.25, -0.2) is 0 Å². The van der Waals surface area contributed by atoms with Crippen LogP contribution in [0, 0.1) is 5.92 Å². The molecule has 1 rings (SSSR count). The van der Waals surface area contributed by atoms with E-state index in [1.54, 1.807) is 14.1 Å². The largest absolute Gasteiger partial charge is 0.358 e. The highest BCUT2D eigenvalue weighted by Gasteiger charge is 2.33. The third-order valence-corrected chi connectivity index (χ3v) is 4.01. The van der Waals surface area contributed by atoms with Gasteiger partial charge in [0.15, 0.2) is 0 Å². The Morgan fingerprint density at radius 3 is 2.82 bits per heavy atom. The predicted octanol–water partition coefficient (Wildman–Crippen LogP) is 1.95. The molecule has 5 heteroatoms. The maximum absolute atomic E-state index is 12.3. The van der Waals surface area contributed by atoms with Crippen molar-refractivity contribution >= 4 is 17.9 Å². The molecule has 0 aromatic carbocycles. The number of hydrogen-bond donors (Lipinski definition) is 1. The van der Waals surface area contributed by atoms with Crippen molar-refractivity contribution in [2.24, 2.45) is 10.9 Å². The number of nitrogens with one attached hydrogen (secondary N) is 1. The first-order chi connectivity index (χ1) is 10.6. The second-order valence-corrected chi connectivity index (χ2v) is 5.44. The molecule has 5 nitrogen and oxygen atoms in total. The highest BCUT2D eigenvalue weighted by atomic mass is 16.2. The van der Waals surface area contributed by atoms with Gasteiger partial charge in [0.2, 0.25) is 5.91 Å². The summed E-state index contributed by atoms with van der Waals surface area (Å²) < 4.78 is 0. The molecule has 0 aromatic heterocycles. The summed E-state index contributed by atoms with van der Waals surface area (Å²) in [5.41, 5.74) is 2.00. The molecule has 0 bridgehead atoms. The van der Waals surface area contributed by atoms with E-state index in [-0.39, 0.29) is 11.9 Å². The van der Waals surface area contributed by atoms with Gasteiger partial charge in [-0.2, -0.15) is 0 Å². The Balaban J connectivity index is 3.19. The van der Waals surface area contributed by atoms with Crippen LogP contribution >= 0.6 is 0 Å². The normalized spacial score (nSPS) is 24.0. The fraction of sp³-hybridized carbons (Fsp3) is 0.588. The van der Waals surface area contributed by atoms with Gasteiger partial charge in [-0.3, -0.25) is 9.79 Å². The summed E-state index contributed by atoms with van der Waals surface area (Å²) in [6, 6.07) is -0.337. The second kappa shape index (κ2) is 9.18. The molecule has 2 atom stereocenters. The topological polar surface area (TPSA) is 61.8 Å². The fourth-order valence-electron chi connectivity index (χ4n) is 2.84. The number of allylic oxidation sites excluding steroid dienone is 4. The van der Waals surface area contributed by atoms with E-state index in [0.29, 0.717) is 18.8 Å². The molecule has 0 radical (unpaired) electrons. The Morgan fingerprint density at radius 1 is 1.55 bits per heavy atom. The minimum atomic E-state index is -0.337. The van der Waals surface area contributed by atoms with Gasteiger partial charge in [0.1, 0.15) is 12.3 Å². The molecule has 1 aliphatic heterocycles. The zero-order chi connectivity index (χ0) is 16.5. The lowest BCUT2D eigenvalue weighted by atomic mass is 9.91. The van der Waals surface area contributed by atoms with E-state index >= 15 is 0 Å². The molecule has 0 spiro atoms. The van der Waals surface area contributed by atoms with Gasteiger partial charge in [-0.15, -0.1) is 0 Å². The molecule has 0 aromatic rings. The number of likely N-dealkylation sites (N-methyl/N-ethyl adjacent to an activating group) is 1. The van der Waals surface area contributed by atoms with E-state index < -0.39 is 0 Å². The Labute approximate surface area is 133 Å². The molecular formula is C17H27N3O2. The summed E-state index contributed by atoms with van der Waals surface area (Å²) in [5.74, 6) is 0.312. The molecular weight excluding hydrogens is 278 g/mol. The minimum Gasteiger partial charge on any atom is -0.358 e. The fourth-order valence-corrected chi connectivity index (χ4v) is 2.84. The molecule has 2 unspecified atom stereocenters. The number of piperidine rings is 1. The summed E-state index contributed by atoms with van der Waals surface area (Å²) in [6.45, 7) is 4.91. The summed E-state index contributed by atoms with van der Waals surface area (Å²) >= 11 is 0. The number of aldehydes is 1. The van der Waals surface area contributed by atoms with Crippen LogP contribution in [0.5, 0.6) is 0 Å². The van der Waals surface area contributed by atoms with Gasteiger partial charge >= 0.3 is 0 Å². The molecule has 22 heavy (non-hydrogen) atoms. The first-order valence-electron chi connectivity index (χ1n) is 7.82. The number of amides is 1. The molecule has 0 aliphatic carbocycles. The quantitative estimate of drug-likeness (QED) is 0.763. The van der Waals surface area contributed by atoms with E-state index in [2.05, 4.69) is 22.1 Å². The smallest absolute Gasteiger partial charge is 0.242 e. The molecule has 122 valence electrons. The average Bonchev–Trinajstić information content (AvgIpc) is 2.53. The maximum atomic E-state index is 12.3. The SMILES string of the molecule is C/C=C\C=C1/C(=NC)C(C)CCN1C(CCC=O)C(=O)NC. The van der Waals surface area contributed by atoms with Crippen LogP contribution in [0.2, 0.25) is 0 Å². The van der Waals surface area contributed by atoms with Crippen molar-refractivity contribution in [1.82, 2.24) is 10.2 Å². The van der Waals surface area contributed by atoms with Gasteiger partial charge in [0, 0.05) is 33.0 Å². The first kappa shape index (κ1) is 18.1. The number of nitrogens with zero attached hydrogens (tertiary/aromatic N) is 2. The molecule has 1 heterocycles. The Bertz CT molecular complexity index is 480. The summed E-state index contributed by atoms with van der Waals surface area (Å²) in [5, 5.41) is 2.71. The zero-order valence-corrected chi connectivity index (χ0v) is 14.0. The summed E-state index contributed by atoms with van der Waals surface area (Å²) in [7, 11) is 3.42. The Hall–Kier alpha value is -1.91. The lowest BCUT2D eigenvalue weighted by molar-refractivity contribution is -0.125. The maximum Gasteiger partial charge on any atom is 0.242 e. The van der Waals surface area contributed by atoms with E-state index in [4.69, 9.17) is 0 Å². The third kappa shape index (κ3) is 4.29. The van der Waals surface area contributed by atoms with Gasteiger partial charge in [0.25, 0.3) is 0 Å². The van der Waals surface area contributed by atoms with Crippen LogP contribution in [0.15, 0.2) is 28.9 Å². The molecule has 1 N–H and O–H groups in total. The van der Waals surface area contributed by atoms with E-state index in [9.17, 15) is 9.59 Å². The van der Waals surface area contributed by atoms with Crippen LogP contribution in [-0.4, -0.2) is 49.5 Å². The van der Waals surface area contributed by atoms with E-state index in [1.165, 1.54) is 0 Å². The number of hydrogen-bond acceptors (Lipinski definition) is 4. The molecule has 0 saturated carbocycles. The standard InChI is InChI=1S/C17H27N3O2/c1-5-6-8-14-16(18-3)13(2)10-11-20(14)15(9-7-12-21)17(22)19-4/h5-6,8,12-13,15H,7,9-11H2,1-4H3,(H,19,22)/b6-5-,14-8+,18-16?. The Kier molecular flexibility index (Phi) is 7.57. The van der Waals surface area contributed by atoms with Crippen LogP contribution in [0.1, 0.15) is 33.1 Å². The monoisotopic (exact) mass is 305 g/mol. The molecule has 1 amide bonds. The highest BCUT2D eigenvalue weighted by Crippen LogP contribution is 2.27. The predicted molar refractivity (Wildman–Crippen MR) is 89.9 cm³/mol. The van der Waals surface area contributed by atoms with Gasteiger partial charge in [-0.05, 0) is 25.8 Å². The minimum absolute atomic E-state index is 0.0572. The van der Waals surface area contributed by atoms with Crippen molar-refractivity contribution in [3.8, 4) is 0 Å². The Morgan fingerprint density at radius 2 is 2.27 bits per heavy atom. The third-order valence-electron chi connectivity index (χ3n) is 4.01. The van der Waals surface area contributed by atoms with Crippen molar-refractivity contribution in [3.63, 3.8) is 0 Å². The zero-order valence-electron chi connectivity index (χ0n) is 14.0. The van der Waals surface area contributed by atoms with Crippen molar-refractivity contribution in [3.05, 3.63) is 23.9 Å². The number of likely N-dealkylation sites (tertiary alicyclic amines) is 1. The number of rotatable bonds is 6. The first-order valence-corrected chi connectivity index (χ1v) is 7.82. The molecule has 1 aliphatic rings. The van der Waals surface area contributed by atoms with Crippen molar-refractivity contribution in [2.45, 2.75) is 39.2 Å². The summed E-state index contributed by atoms with van der Waals surface area (Å²) in [4.78, 5) is 29.5. The van der Waals surface area contributed by atoms with Crippen LogP contribution in [0.4, 0.5) is 0 Å². The highest BCUT2D eigenvalue weighted by molar-refractivity contribution is 6.02. The number of carbonyl (C=O) groups excluding carboxylic acids is 2. The van der Waals surface area contributed by atoms with Crippen LogP contribution in [0.25, 0.3) is 0 Å². The molecule has 1 saturated heterocycles. The van der Waals surface area contributed by atoms with Crippen molar-refractivity contribution in [2.75, 3.05) is 20.6 Å². The number of aliphatic imine (C=N–C) groups is 1. The van der Waals surface area contributed by atoms with Crippen LogP contribution in [-0.2, 0) is 9.59 Å². The lowest BCUT2D eigenvalue weighted by Crippen LogP contribution is -2.50. The summed E-state index contributed by atoms with van der Waals surface area (Å²) in [6.07, 6.45) is 8.64. The lowest BCUT2D eigenvalue weighted by Gasteiger charge is -2.40.